The van der Waals surface area contributed by atoms with E-state index >= 15 is 0 Å². The Hall–Kier alpha value is -0.970. The molecule has 1 N–H and O–H groups in total. The first-order valence-corrected chi connectivity index (χ1v) is 8.14. The van der Waals surface area contributed by atoms with E-state index in [2.05, 4.69) is 0 Å². The molecule has 0 aromatic heterocycles. The predicted molar refractivity (Wildman–Crippen MR) is 78.7 cm³/mol. The summed E-state index contributed by atoms with van der Waals surface area (Å²) in [4.78, 5) is -0.152. The van der Waals surface area contributed by atoms with E-state index in [0.29, 0.717) is 0 Å². The van der Waals surface area contributed by atoms with Crippen molar-refractivity contribution in [1.29, 1.82) is 0 Å². The highest BCUT2D eigenvalue weighted by atomic mass is 32.2. The van der Waals surface area contributed by atoms with Gasteiger partial charge in [0.15, 0.2) is 4.93 Å². The second-order valence-corrected chi connectivity index (χ2v) is 7.53. The van der Waals surface area contributed by atoms with Gasteiger partial charge < -0.3 is 9.84 Å². The minimum Gasteiger partial charge on any atom is -0.392 e. The van der Waals surface area contributed by atoms with Gasteiger partial charge in [0, 0.05) is 16.7 Å². The standard InChI is InChI=1S/C16H20O3S/c1-10-4-6-13(7-5-10)20(18)16-9-8-14(19-16)11(2)15(17)12(16)3/h4-9,11-12,14-15,17H,1-3H3/t11-,12-,14-,15+,16?,20?/m1/s1. The zero-order chi connectivity index (χ0) is 14.5. The number of fused-ring (bicyclic) bond motifs is 2. The van der Waals surface area contributed by atoms with Crippen LogP contribution in [-0.4, -0.2) is 26.5 Å². The zero-order valence-electron chi connectivity index (χ0n) is 11.9. The van der Waals surface area contributed by atoms with Crippen LogP contribution in [0.15, 0.2) is 41.3 Å². The molecular weight excluding hydrogens is 272 g/mol. The van der Waals surface area contributed by atoms with Gasteiger partial charge >= 0.3 is 0 Å². The molecule has 3 rings (SSSR count). The fourth-order valence-electron chi connectivity index (χ4n) is 3.07. The van der Waals surface area contributed by atoms with E-state index in [4.69, 9.17) is 4.74 Å². The molecule has 0 saturated carbocycles. The van der Waals surface area contributed by atoms with Crippen LogP contribution in [0.2, 0.25) is 0 Å². The quantitative estimate of drug-likeness (QED) is 0.851. The molecule has 1 aromatic carbocycles. The molecule has 1 aromatic rings. The summed E-state index contributed by atoms with van der Waals surface area (Å²) in [6.07, 6.45) is 3.20. The van der Waals surface area contributed by atoms with Crippen LogP contribution in [0.4, 0.5) is 0 Å². The van der Waals surface area contributed by atoms with Gasteiger partial charge in [0.25, 0.3) is 0 Å². The smallest absolute Gasteiger partial charge is 0.171 e. The number of ether oxygens (including phenoxy) is 1. The lowest BCUT2D eigenvalue weighted by Crippen LogP contribution is -2.54. The van der Waals surface area contributed by atoms with Crippen molar-refractivity contribution in [3.63, 3.8) is 0 Å². The Morgan fingerprint density at radius 1 is 1.25 bits per heavy atom. The minimum absolute atomic E-state index is 0.0342. The maximum Gasteiger partial charge on any atom is 0.171 e. The molecule has 0 radical (unpaired) electrons. The average Bonchev–Trinajstić information content (AvgIpc) is 2.87. The average molecular weight is 292 g/mol. The van der Waals surface area contributed by atoms with Crippen molar-refractivity contribution >= 4 is 10.8 Å². The summed E-state index contributed by atoms with van der Waals surface area (Å²) in [5.41, 5.74) is 1.13. The van der Waals surface area contributed by atoms with Gasteiger partial charge in [-0.15, -0.1) is 0 Å². The molecule has 1 saturated heterocycles. The van der Waals surface area contributed by atoms with E-state index < -0.39 is 21.8 Å². The van der Waals surface area contributed by atoms with Crippen LogP contribution in [0.25, 0.3) is 0 Å². The molecule has 2 unspecified atom stereocenters. The third kappa shape index (κ3) is 1.90. The molecule has 2 aliphatic heterocycles. The van der Waals surface area contributed by atoms with Crippen LogP contribution in [0.5, 0.6) is 0 Å². The Morgan fingerprint density at radius 3 is 2.55 bits per heavy atom. The Labute approximate surface area is 122 Å². The summed E-state index contributed by atoms with van der Waals surface area (Å²) in [5, 5.41) is 10.4. The Morgan fingerprint density at radius 2 is 1.90 bits per heavy atom. The van der Waals surface area contributed by atoms with E-state index in [1.54, 1.807) is 0 Å². The molecule has 3 nitrogen and oxygen atoms in total. The SMILES string of the molecule is Cc1ccc(S(=O)C23C=C[C@@H](O2)[C@@H](C)[C@H](O)[C@H]3C)cc1. The largest absolute Gasteiger partial charge is 0.392 e. The van der Waals surface area contributed by atoms with Crippen molar-refractivity contribution in [3.05, 3.63) is 42.0 Å². The Balaban J connectivity index is 1.98. The second kappa shape index (κ2) is 4.79. The van der Waals surface area contributed by atoms with Gasteiger partial charge in [-0.25, -0.2) is 0 Å². The first-order valence-electron chi connectivity index (χ1n) is 6.99. The molecule has 2 heterocycles. The summed E-state index contributed by atoms with van der Waals surface area (Å²) in [7, 11) is -1.33. The van der Waals surface area contributed by atoms with Crippen molar-refractivity contribution in [2.75, 3.05) is 0 Å². The number of rotatable bonds is 2. The van der Waals surface area contributed by atoms with Gasteiger partial charge in [-0.2, -0.15) is 0 Å². The van der Waals surface area contributed by atoms with Crippen molar-refractivity contribution in [2.45, 2.75) is 42.8 Å². The molecule has 6 atom stereocenters. The monoisotopic (exact) mass is 292 g/mol. The number of hydrogen-bond acceptors (Lipinski definition) is 3. The third-order valence-electron chi connectivity index (χ3n) is 4.57. The summed E-state index contributed by atoms with van der Waals surface area (Å²) in [6, 6.07) is 7.66. The van der Waals surface area contributed by atoms with Crippen molar-refractivity contribution in [3.8, 4) is 0 Å². The highest BCUT2D eigenvalue weighted by Gasteiger charge is 2.55. The van der Waals surface area contributed by atoms with Gasteiger partial charge in [-0.1, -0.05) is 37.6 Å². The van der Waals surface area contributed by atoms with E-state index in [1.807, 2.05) is 57.2 Å². The fourth-order valence-corrected chi connectivity index (χ4v) is 4.70. The van der Waals surface area contributed by atoms with Crippen molar-refractivity contribution in [2.24, 2.45) is 11.8 Å². The third-order valence-corrected chi connectivity index (χ3v) is 6.45. The number of aliphatic hydroxyl groups excluding tert-OH is 1. The van der Waals surface area contributed by atoms with Crippen LogP contribution < -0.4 is 0 Å². The highest BCUT2D eigenvalue weighted by molar-refractivity contribution is 7.86. The van der Waals surface area contributed by atoms with Crippen LogP contribution >= 0.6 is 0 Å². The lowest BCUT2D eigenvalue weighted by Gasteiger charge is -2.44. The first-order chi connectivity index (χ1) is 9.45. The second-order valence-electron chi connectivity index (χ2n) is 5.88. The van der Waals surface area contributed by atoms with Crippen LogP contribution in [-0.2, 0) is 15.5 Å². The Bertz CT molecular complexity index is 566. The molecule has 2 aliphatic rings. The molecule has 0 aliphatic carbocycles. The van der Waals surface area contributed by atoms with E-state index in [-0.39, 0.29) is 17.9 Å². The van der Waals surface area contributed by atoms with Gasteiger partial charge in [0.05, 0.1) is 23.0 Å². The van der Waals surface area contributed by atoms with Gasteiger partial charge in [-0.3, -0.25) is 4.21 Å². The highest BCUT2D eigenvalue weighted by Crippen LogP contribution is 2.46. The Kier molecular flexibility index (Phi) is 3.35. The van der Waals surface area contributed by atoms with Crippen LogP contribution in [0.1, 0.15) is 19.4 Å². The molecule has 20 heavy (non-hydrogen) atoms. The number of aryl methyl sites for hydroxylation is 1. The summed E-state index contributed by atoms with van der Waals surface area (Å²) >= 11 is 0. The zero-order valence-corrected chi connectivity index (χ0v) is 12.8. The summed E-state index contributed by atoms with van der Waals surface area (Å²) < 4.78 is 19.0. The minimum atomic E-state index is -1.33. The normalized spacial score (nSPS) is 40.8. The number of benzene rings is 1. The van der Waals surface area contributed by atoms with Gasteiger partial charge in [0.1, 0.15) is 0 Å². The van der Waals surface area contributed by atoms with Crippen molar-refractivity contribution < 1.29 is 14.1 Å². The topological polar surface area (TPSA) is 46.5 Å². The van der Waals surface area contributed by atoms with Crippen molar-refractivity contribution in [1.82, 2.24) is 0 Å². The van der Waals surface area contributed by atoms with E-state index in [9.17, 15) is 9.32 Å². The number of aliphatic hydroxyl groups is 1. The number of hydrogen-bond donors (Lipinski definition) is 1. The van der Waals surface area contributed by atoms with E-state index in [0.717, 1.165) is 10.5 Å². The summed E-state index contributed by atoms with van der Waals surface area (Å²) in [6.45, 7) is 5.89. The molecule has 2 bridgehead atoms. The van der Waals surface area contributed by atoms with Crippen LogP contribution in [0, 0.1) is 18.8 Å². The molecular formula is C16H20O3S. The molecule has 108 valence electrons. The molecule has 0 spiro atoms. The molecule has 4 heteroatoms. The van der Waals surface area contributed by atoms with Gasteiger partial charge in [0.2, 0.25) is 0 Å². The lowest BCUT2D eigenvalue weighted by atomic mass is 9.86. The molecule has 1 fully saturated rings. The summed E-state index contributed by atoms with van der Waals surface area (Å²) in [5.74, 6) is -0.165. The maximum absolute atomic E-state index is 13.0. The lowest BCUT2D eigenvalue weighted by molar-refractivity contribution is -0.133. The molecule has 0 amide bonds. The maximum atomic E-state index is 13.0. The van der Waals surface area contributed by atoms with Gasteiger partial charge in [-0.05, 0) is 25.1 Å². The fraction of sp³-hybridized carbons (Fsp3) is 0.500. The predicted octanol–water partition coefficient (Wildman–Crippen LogP) is 2.40. The van der Waals surface area contributed by atoms with Crippen LogP contribution in [0.3, 0.4) is 0 Å². The van der Waals surface area contributed by atoms with E-state index in [1.165, 1.54) is 0 Å². The first kappa shape index (κ1) is 14.0.